The van der Waals surface area contributed by atoms with Gasteiger partial charge in [0.25, 0.3) is 0 Å². The van der Waals surface area contributed by atoms with Crippen molar-refractivity contribution in [3.05, 3.63) is 82.9 Å². The highest BCUT2D eigenvalue weighted by Crippen LogP contribution is 2.47. The maximum atomic E-state index is 13.6. The Morgan fingerprint density at radius 3 is 2.27 bits per heavy atom. The molecule has 0 saturated carbocycles. The molecular formula is C33H38N2O6. The molecule has 2 N–H and O–H groups in total. The number of amides is 1. The van der Waals surface area contributed by atoms with E-state index in [1.165, 1.54) is 0 Å². The van der Waals surface area contributed by atoms with E-state index in [1.807, 2.05) is 79.4 Å². The van der Waals surface area contributed by atoms with Crippen LogP contribution in [0.4, 0.5) is 5.69 Å². The van der Waals surface area contributed by atoms with Gasteiger partial charge in [0.05, 0.1) is 18.6 Å². The van der Waals surface area contributed by atoms with Crippen molar-refractivity contribution in [3.63, 3.8) is 0 Å². The Balaban J connectivity index is 1.48. The monoisotopic (exact) mass is 558 g/mol. The molecule has 0 aliphatic carbocycles. The Kier molecular flexibility index (Phi) is 8.49. The number of aliphatic carboxylic acids is 1. The molecule has 1 amide bonds. The van der Waals surface area contributed by atoms with Gasteiger partial charge in [-0.05, 0) is 73.2 Å². The standard InChI is InChI=1S/C33H38N2O6/c1-5-21-8-7-9-22(6-2)31(21)34-29(36)18-35-17-26(24-12-15-27-28(16-24)40-19-39-27)30(33(37)38)32(35)23-10-13-25(14-11-23)41-20(3)4/h7-16,20,26,30,32H,5-6,17-19H2,1-4H3,(H,34,36)(H,37,38)/t26-,30-,32+/m1/s1. The van der Waals surface area contributed by atoms with Crippen LogP contribution in [0.2, 0.25) is 0 Å². The lowest BCUT2D eigenvalue weighted by Crippen LogP contribution is -2.35. The quantitative estimate of drug-likeness (QED) is 0.324. The number of carbonyl (C=O) groups is 2. The van der Waals surface area contributed by atoms with Crippen molar-refractivity contribution in [2.45, 2.75) is 58.6 Å². The van der Waals surface area contributed by atoms with E-state index in [0.29, 0.717) is 23.8 Å². The Hall–Kier alpha value is -4.04. The number of anilines is 1. The van der Waals surface area contributed by atoms with Crippen LogP contribution in [0.3, 0.4) is 0 Å². The number of aryl methyl sites for hydroxylation is 2. The van der Waals surface area contributed by atoms with Gasteiger partial charge in [-0.2, -0.15) is 0 Å². The fourth-order valence-electron chi connectivity index (χ4n) is 6.05. The Morgan fingerprint density at radius 1 is 0.976 bits per heavy atom. The highest BCUT2D eigenvalue weighted by molar-refractivity contribution is 5.94. The first-order valence-corrected chi connectivity index (χ1v) is 14.3. The second-order valence-corrected chi connectivity index (χ2v) is 10.9. The summed E-state index contributed by atoms with van der Waals surface area (Å²) in [5.74, 6) is -0.247. The lowest BCUT2D eigenvalue weighted by molar-refractivity contribution is -0.143. The van der Waals surface area contributed by atoms with Crippen molar-refractivity contribution in [3.8, 4) is 17.2 Å². The summed E-state index contributed by atoms with van der Waals surface area (Å²) in [6.07, 6.45) is 1.62. The van der Waals surface area contributed by atoms with Crippen LogP contribution in [-0.4, -0.2) is 47.9 Å². The summed E-state index contributed by atoms with van der Waals surface area (Å²) in [7, 11) is 0. The SMILES string of the molecule is CCc1cccc(CC)c1NC(=O)CN1C[C@H](c2ccc3c(c2)OCO3)[C@@H](C(=O)O)[C@@H]1c1ccc(OC(C)C)cc1. The molecule has 3 atom stereocenters. The fraction of sp³-hybridized carbons (Fsp3) is 0.394. The smallest absolute Gasteiger partial charge is 0.309 e. The molecule has 1 fully saturated rings. The molecule has 0 aromatic heterocycles. The van der Waals surface area contributed by atoms with Gasteiger partial charge in [0.2, 0.25) is 12.7 Å². The molecule has 0 radical (unpaired) electrons. The van der Waals surface area contributed by atoms with Crippen molar-refractivity contribution < 1.29 is 28.9 Å². The first kappa shape index (κ1) is 28.5. The van der Waals surface area contributed by atoms with Crippen LogP contribution >= 0.6 is 0 Å². The van der Waals surface area contributed by atoms with Crippen molar-refractivity contribution >= 4 is 17.6 Å². The van der Waals surface area contributed by atoms with Gasteiger partial charge in [0.1, 0.15) is 5.75 Å². The second-order valence-electron chi connectivity index (χ2n) is 10.9. The molecule has 41 heavy (non-hydrogen) atoms. The minimum Gasteiger partial charge on any atom is -0.491 e. The molecule has 1 saturated heterocycles. The third kappa shape index (κ3) is 6.03. The normalized spacial score (nSPS) is 19.9. The maximum absolute atomic E-state index is 13.6. The van der Waals surface area contributed by atoms with Crippen LogP contribution in [0.25, 0.3) is 0 Å². The first-order valence-electron chi connectivity index (χ1n) is 14.3. The lowest BCUT2D eigenvalue weighted by atomic mass is 9.82. The molecule has 3 aromatic carbocycles. The Labute approximate surface area is 241 Å². The van der Waals surface area contributed by atoms with Gasteiger partial charge < -0.3 is 24.6 Å². The number of likely N-dealkylation sites (tertiary alicyclic amines) is 1. The van der Waals surface area contributed by atoms with Crippen molar-refractivity contribution in [2.24, 2.45) is 5.92 Å². The molecule has 0 spiro atoms. The highest BCUT2D eigenvalue weighted by Gasteiger charge is 2.48. The Morgan fingerprint density at radius 2 is 1.63 bits per heavy atom. The number of carboxylic acid groups (broad SMARTS) is 1. The van der Waals surface area contributed by atoms with Crippen molar-refractivity contribution in [2.75, 3.05) is 25.2 Å². The number of fused-ring (bicyclic) bond motifs is 1. The third-order valence-electron chi connectivity index (χ3n) is 7.91. The third-order valence-corrected chi connectivity index (χ3v) is 7.91. The van der Waals surface area contributed by atoms with Crippen molar-refractivity contribution in [1.29, 1.82) is 0 Å². The number of hydrogen-bond donors (Lipinski definition) is 2. The molecule has 8 heteroatoms. The van der Waals surface area contributed by atoms with E-state index in [2.05, 4.69) is 19.2 Å². The molecule has 8 nitrogen and oxygen atoms in total. The minimum absolute atomic E-state index is 0.0219. The maximum Gasteiger partial charge on any atom is 0.309 e. The zero-order chi connectivity index (χ0) is 29.1. The van der Waals surface area contributed by atoms with E-state index in [1.54, 1.807) is 0 Å². The number of benzene rings is 3. The summed E-state index contributed by atoms with van der Waals surface area (Å²) in [5, 5.41) is 13.7. The number of carboxylic acids is 1. The van der Waals surface area contributed by atoms with Crippen LogP contribution < -0.4 is 19.5 Å². The summed E-state index contributed by atoms with van der Waals surface area (Å²) in [5.41, 5.74) is 4.69. The summed E-state index contributed by atoms with van der Waals surface area (Å²) in [4.78, 5) is 28.5. The summed E-state index contributed by atoms with van der Waals surface area (Å²) < 4.78 is 16.9. The molecule has 2 aliphatic heterocycles. The predicted octanol–water partition coefficient (Wildman–Crippen LogP) is 5.81. The number of nitrogens with zero attached hydrogens (tertiary/aromatic N) is 1. The molecule has 0 unspecified atom stereocenters. The van der Waals surface area contributed by atoms with Crippen LogP contribution in [-0.2, 0) is 22.4 Å². The molecule has 0 bridgehead atoms. The number of ether oxygens (including phenoxy) is 3. The van der Waals surface area contributed by atoms with Gasteiger partial charge in [0, 0.05) is 24.2 Å². The number of hydrogen-bond acceptors (Lipinski definition) is 6. The molecule has 2 heterocycles. The van der Waals surface area contributed by atoms with Crippen LogP contribution in [0.5, 0.6) is 17.2 Å². The van der Waals surface area contributed by atoms with Crippen molar-refractivity contribution in [1.82, 2.24) is 4.90 Å². The number of nitrogens with one attached hydrogen (secondary N) is 1. The second kappa shape index (κ2) is 12.2. The molecule has 3 aromatic rings. The van der Waals surface area contributed by atoms with Gasteiger partial charge in [-0.25, -0.2) is 0 Å². The van der Waals surface area contributed by atoms with Gasteiger partial charge in [0.15, 0.2) is 11.5 Å². The van der Waals surface area contributed by atoms with E-state index in [-0.39, 0.29) is 31.3 Å². The van der Waals surface area contributed by atoms with E-state index in [9.17, 15) is 14.7 Å². The lowest BCUT2D eigenvalue weighted by Gasteiger charge is -2.27. The zero-order valence-electron chi connectivity index (χ0n) is 24.1. The largest absolute Gasteiger partial charge is 0.491 e. The molecular weight excluding hydrogens is 520 g/mol. The highest BCUT2D eigenvalue weighted by atomic mass is 16.7. The molecule has 5 rings (SSSR count). The van der Waals surface area contributed by atoms with Crippen LogP contribution in [0, 0.1) is 5.92 Å². The fourth-order valence-corrected chi connectivity index (χ4v) is 6.05. The van der Waals surface area contributed by atoms with E-state index < -0.39 is 17.9 Å². The summed E-state index contributed by atoms with van der Waals surface area (Å²) >= 11 is 0. The minimum atomic E-state index is -0.910. The van der Waals surface area contributed by atoms with Gasteiger partial charge >= 0.3 is 5.97 Å². The predicted molar refractivity (Wildman–Crippen MR) is 157 cm³/mol. The number of rotatable bonds is 10. The van der Waals surface area contributed by atoms with E-state index in [4.69, 9.17) is 14.2 Å². The number of carbonyl (C=O) groups excluding carboxylic acids is 1. The van der Waals surface area contributed by atoms with E-state index in [0.717, 1.165) is 40.8 Å². The van der Waals surface area contributed by atoms with Crippen LogP contribution in [0.15, 0.2) is 60.7 Å². The van der Waals surface area contributed by atoms with Gasteiger partial charge in [-0.1, -0.05) is 50.2 Å². The van der Waals surface area contributed by atoms with E-state index >= 15 is 0 Å². The first-order chi connectivity index (χ1) is 19.8. The molecule has 216 valence electrons. The van der Waals surface area contributed by atoms with Gasteiger partial charge in [-0.3, -0.25) is 14.5 Å². The summed E-state index contributed by atoms with van der Waals surface area (Å²) in [6, 6.07) is 18.7. The topological polar surface area (TPSA) is 97.3 Å². The average Bonchev–Trinajstić information content (AvgIpc) is 3.57. The van der Waals surface area contributed by atoms with Crippen LogP contribution in [0.1, 0.15) is 61.9 Å². The average molecular weight is 559 g/mol. The molecule has 2 aliphatic rings. The summed E-state index contributed by atoms with van der Waals surface area (Å²) in [6.45, 7) is 8.66. The van der Waals surface area contributed by atoms with Gasteiger partial charge in [-0.15, -0.1) is 0 Å². The Bertz CT molecular complexity index is 1380. The zero-order valence-corrected chi connectivity index (χ0v) is 24.1. The number of para-hydroxylation sites is 1.